The van der Waals surface area contributed by atoms with Crippen LogP contribution in [0.25, 0.3) is 0 Å². The fourth-order valence-corrected chi connectivity index (χ4v) is 5.84. The van der Waals surface area contributed by atoms with Crippen molar-refractivity contribution in [1.82, 2.24) is 0 Å². The molecule has 17 heavy (non-hydrogen) atoms. The molecule has 0 aromatic heterocycles. The molecule has 0 spiro atoms. The van der Waals surface area contributed by atoms with E-state index >= 15 is 0 Å². The summed E-state index contributed by atoms with van der Waals surface area (Å²) < 4.78 is 0. The highest BCUT2D eigenvalue weighted by Gasteiger charge is 2.57. The number of nitrogens with two attached hydrogens (primary N) is 1. The minimum absolute atomic E-state index is 0.422. The van der Waals surface area contributed by atoms with E-state index < -0.39 is 0 Å². The average molecular weight is 233 g/mol. The molecule has 96 valence electrons. The molecule has 1 nitrogen and oxygen atoms in total. The Kier molecular flexibility index (Phi) is 2.66. The molecule has 3 unspecified atom stereocenters. The molecule has 2 N–H and O–H groups in total. The van der Waals surface area contributed by atoms with Gasteiger partial charge in [0.15, 0.2) is 0 Å². The lowest BCUT2D eigenvalue weighted by molar-refractivity contribution is -0.113. The zero-order valence-corrected chi connectivity index (χ0v) is 11.3. The van der Waals surface area contributed by atoms with Crippen molar-refractivity contribution in [3.63, 3.8) is 0 Å². The lowest BCUT2D eigenvalue weighted by atomic mass is 9.43. The van der Waals surface area contributed by atoms with Crippen LogP contribution >= 0.6 is 0 Å². The Balaban J connectivity index is 1.80. The van der Waals surface area contributed by atoms with Crippen molar-refractivity contribution in [1.29, 1.82) is 0 Å². The smallest absolute Gasteiger partial charge is 0.00989 e. The normalized spacial score (nSPS) is 49.3. The van der Waals surface area contributed by atoms with Crippen molar-refractivity contribution in [3.05, 3.63) is 12.7 Å². The van der Waals surface area contributed by atoms with Crippen LogP contribution in [0.1, 0.15) is 58.3 Å². The molecule has 0 heterocycles. The summed E-state index contributed by atoms with van der Waals surface area (Å²) in [7, 11) is 0. The Morgan fingerprint density at radius 1 is 1.29 bits per heavy atom. The summed E-state index contributed by atoms with van der Waals surface area (Å²) >= 11 is 0. The van der Waals surface area contributed by atoms with Crippen LogP contribution in [-0.4, -0.2) is 6.04 Å². The van der Waals surface area contributed by atoms with E-state index in [0.717, 1.165) is 24.7 Å². The van der Waals surface area contributed by atoms with Crippen molar-refractivity contribution < 1.29 is 0 Å². The summed E-state index contributed by atoms with van der Waals surface area (Å²) in [4.78, 5) is 0. The molecular formula is C16H27N. The number of allylic oxidation sites excluding steroid dienone is 1. The van der Waals surface area contributed by atoms with Gasteiger partial charge in [0.25, 0.3) is 0 Å². The largest absolute Gasteiger partial charge is 0.327 e. The van der Waals surface area contributed by atoms with Gasteiger partial charge in [0, 0.05) is 6.04 Å². The molecular weight excluding hydrogens is 206 g/mol. The molecule has 0 aromatic carbocycles. The summed E-state index contributed by atoms with van der Waals surface area (Å²) in [6, 6.07) is 0.422. The van der Waals surface area contributed by atoms with E-state index in [9.17, 15) is 0 Å². The van der Waals surface area contributed by atoms with Crippen molar-refractivity contribution in [3.8, 4) is 0 Å². The monoisotopic (exact) mass is 233 g/mol. The molecule has 0 amide bonds. The Bertz CT molecular complexity index is 305. The van der Waals surface area contributed by atoms with Crippen molar-refractivity contribution in [2.45, 2.75) is 64.3 Å². The fraction of sp³-hybridized carbons (Fsp3) is 0.875. The molecule has 0 aromatic rings. The van der Waals surface area contributed by atoms with Gasteiger partial charge in [0.1, 0.15) is 0 Å². The zero-order valence-electron chi connectivity index (χ0n) is 11.3. The predicted octanol–water partition coefficient (Wildman–Crippen LogP) is 3.89. The summed E-state index contributed by atoms with van der Waals surface area (Å²) in [6.07, 6.45) is 13.0. The lowest BCUT2D eigenvalue weighted by Crippen LogP contribution is -2.57. The zero-order chi connectivity index (χ0) is 12.1. The van der Waals surface area contributed by atoms with Crippen LogP contribution in [0.2, 0.25) is 0 Å². The van der Waals surface area contributed by atoms with Crippen LogP contribution in [0.5, 0.6) is 0 Å². The molecule has 4 aliphatic rings. The van der Waals surface area contributed by atoms with E-state index in [-0.39, 0.29) is 0 Å². The number of hydrogen-bond acceptors (Lipinski definition) is 1. The van der Waals surface area contributed by atoms with Crippen LogP contribution < -0.4 is 5.73 Å². The maximum atomic E-state index is 6.57. The van der Waals surface area contributed by atoms with E-state index in [1.54, 1.807) is 0 Å². The van der Waals surface area contributed by atoms with Gasteiger partial charge in [-0.05, 0) is 74.0 Å². The molecule has 0 radical (unpaired) electrons. The van der Waals surface area contributed by atoms with Crippen LogP contribution in [0, 0.1) is 22.7 Å². The van der Waals surface area contributed by atoms with Gasteiger partial charge in [-0.3, -0.25) is 0 Å². The van der Waals surface area contributed by atoms with Gasteiger partial charge >= 0.3 is 0 Å². The second-order valence-electron chi connectivity index (χ2n) is 7.61. The highest BCUT2D eigenvalue weighted by atomic mass is 14.7. The first-order valence-corrected chi connectivity index (χ1v) is 7.42. The van der Waals surface area contributed by atoms with Crippen LogP contribution in [-0.2, 0) is 0 Å². The van der Waals surface area contributed by atoms with Gasteiger partial charge in [0.05, 0.1) is 0 Å². The molecule has 1 heteroatoms. The third kappa shape index (κ3) is 1.87. The molecule has 4 fully saturated rings. The first-order chi connectivity index (χ1) is 8.05. The maximum absolute atomic E-state index is 6.57. The third-order valence-corrected chi connectivity index (χ3v) is 5.87. The topological polar surface area (TPSA) is 26.0 Å². The molecule has 4 aliphatic carbocycles. The summed E-state index contributed by atoms with van der Waals surface area (Å²) in [5, 5.41) is 0. The highest BCUT2D eigenvalue weighted by Crippen LogP contribution is 2.66. The van der Waals surface area contributed by atoms with Gasteiger partial charge < -0.3 is 5.73 Å². The number of hydrogen-bond donors (Lipinski definition) is 1. The standard InChI is InChI=1S/C16H27N/c1-3-4-5-14(17)16-9-12-6-13(10-16)8-15(2,7-12)11-16/h3,12-14H,1,4-11,17H2,2H3. The summed E-state index contributed by atoms with van der Waals surface area (Å²) in [5.41, 5.74) is 7.71. The first kappa shape index (κ1) is 11.8. The van der Waals surface area contributed by atoms with Crippen molar-refractivity contribution >= 4 is 0 Å². The van der Waals surface area contributed by atoms with E-state index in [1.165, 1.54) is 38.5 Å². The molecule has 4 bridgehead atoms. The second-order valence-corrected chi connectivity index (χ2v) is 7.61. The molecule has 0 aliphatic heterocycles. The average Bonchev–Trinajstić information content (AvgIpc) is 2.22. The lowest BCUT2D eigenvalue weighted by Gasteiger charge is -2.63. The van der Waals surface area contributed by atoms with Gasteiger partial charge in [-0.2, -0.15) is 0 Å². The Hall–Kier alpha value is -0.300. The van der Waals surface area contributed by atoms with E-state index in [1.807, 2.05) is 6.08 Å². The van der Waals surface area contributed by atoms with Crippen LogP contribution in [0.15, 0.2) is 12.7 Å². The molecule has 0 saturated heterocycles. The van der Waals surface area contributed by atoms with Crippen LogP contribution in [0.4, 0.5) is 0 Å². The Morgan fingerprint density at radius 2 is 1.94 bits per heavy atom. The van der Waals surface area contributed by atoms with Gasteiger partial charge in [0.2, 0.25) is 0 Å². The first-order valence-electron chi connectivity index (χ1n) is 7.42. The van der Waals surface area contributed by atoms with E-state index in [4.69, 9.17) is 5.73 Å². The van der Waals surface area contributed by atoms with Crippen molar-refractivity contribution in [2.75, 3.05) is 0 Å². The predicted molar refractivity (Wildman–Crippen MR) is 72.6 cm³/mol. The minimum atomic E-state index is 0.422. The van der Waals surface area contributed by atoms with Gasteiger partial charge in [-0.15, -0.1) is 6.58 Å². The van der Waals surface area contributed by atoms with Gasteiger partial charge in [-0.25, -0.2) is 0 Å². The van der Waals surface area contributed by atoms with Gasteiger partial charge in [-0.1, -0.05) is 13.0 Å². The van der Waals surface area contributed by atoms with E-state index in [2.05, 4.69) is 13.5 Å². The molecule has 3 atom stereocenters. The second kappa shape index (κ2) is 3.85. The van der Waals surface area contributed by atoms with Crippen molar-refractivity contribution in [2.24, 2.45) is 28.4 Å². The summed E-state index contributed by atoms with van der Waals surface area (Å²) in [5.74, 6) is 1.99. The quantitative estimate of drug-likeness (QED) is 0.733. The molecule has 4 rings (SSSR count). The summed E-state index contributed by atoms with van der Waals surface area (Å²) in [6.45, 7) is 6.36. The highest BCUT2D eigenvalue weighted by molar-refractivity contribution is 5.09. The fourth-order valence-electron chi connectivity index (χ4n) is 5.84. The van der Waals surface area contributed by atoms with E-state index in [0.29, 0.717) is 16.9 Å². The maximum Gasteiger partial charge on any atom is 0.00989 e. The Labute approximate surface area is 106 Å². The molecule has 4 saturated carbocycles. The minimum Gasteiger partial charge on any atom is -0.327 e. The van der Waals surface area contributed by atoms with Crippen LogP contribution in [0.3, 0.4) is 0 Å². The number of rotatable bonds is 4. The SMILES string of the molecule is C=CCCC(N)C12CC3CC(CC(C)(C3)C1)C2. The Morgan fingerprint density at radius 3 is 2.47 bits per heavy atom. The third-order valence-electron chi connectivity index (χ3n) is 5.87.